The standard InChI is InChI=1S/C22H29NO4/c1-7-23-16(6)20(15(5)21(23)22(25)26-8-2)19(24)13-27-18-11-9-10-17(12-18)14(3)4/h9-12,14H,7-8,13H2,1-6H3. The summed E-state index contributed by atoms with van der Waals surface area (Å²) in [6.07, 6.45) is 0. The van der Waals surface area contributed by atoms with Crippen molar-refractivity contribution < 1.29 is 19.1 Å². The van der Waals surface area contributed by atoms with E-state index >= 15 is 0 Å². The molecular weight excluding hydrogens is 342 g/mol. The summed E-state index contributed by atoms with van der Waals surface area (Å²) >= 11 is 0. The highest BCUT2D eigenvalue weighted by atomic mass is 16.5. The van der Waals surface area contributed by atoms with Gasteiger partial charge in [0.05, 0.1) is 6.61 Å². The van der Waals surface area contributed by atoms with E-state index in [0.29, 0.717) is 41.6 Å². The molecule has 146 valence electrons. The van der Waals surface area contributed by atoms with E-state index < -0.39 is 5.97 Å². The summed E-state index contributed by atoms with van der Waals surface area (Å²) in [5.74, 6) is 0.520. The summed E-state index contributed by atoms with van der Waals surface area (Å²) in [4.78, 5) is 25.2. The zero-order valence-electron chi connectivity index (χ0n) is 17.1. The Balaban J connectivity index is 2.26. The Labute approximate surface area is 161 Å². The number of benzene rings is 1. The van der Waals surface area contributed by atoms with E-state index in [9.17, 15) is 9.59 Å². The second kappa shape index (κ2) is 8.89. The molecule has 1 heterocycles. The van der Waals surface area contributed by atoms with Crippen molar-refractivity contribution in [2.45, 2.75) is 54.0 Å². The molecule has 2 rings (SSSR count). The molecule has 0 spiro atoms. The van der Waals surface area contributed by atoms with Crippen LogP contribution in [0.5, 0.6) is 5.75 Å². The van der Waals surface area contributed by atoms with Crippen molar-refractivity contribution in [1.29, 1.82) is 0 Å². The number of aromatic nitrogens is 1. The molecule has 27 heavy (non-hydrogen) atoms. The van der Waals surface area contributed by atoms with Gasteiger partial charge in [0.2, 0.25) is 5.78 Å². The third kappa shape index (κ3) is 4.41. The molecule has 0 radical (unpaired) electrons. The Bertz CT molecular complexity index is 833. The average molecular weight is 371 g/mol. The summed E-state index contributed by atoms with van der Waals surface area (Å²) in [6, 6.07) is 7.78. The third-order valence-electron chi connectivity index (χ3n) is 4.73. The van der Waals surface area contributed by atoms with Gasteiger partial charge in [-0.25, -0.2) is 4.79 Å². The molecular formula is C22H29NO4. The minimum absolute atomic E-state index is 0.0702. The maximum Gasteiger partial charge on any atom is 0.355 e. The third-order valence-corrected chi connectivity index (χ3v) is 4.73. The van der Waals surface area contributed by atoms with E-state index in [1.165, 1.54) is 0 Å². The van der Waals surface area contributed by atoms with Gasteiger partial charge in [0, 0.05) is 17.8 Å². The van der Waals surface area contributed by atoms with Gasteiger partial charge >= 0.3 is 5.97 Å². The minimum Gasteiger partial charge on any atom is -0.485 e. The molecule has 0 aliphatic carbocycles. The SMILES string of the molecule is CCOC(=O)c1c(C)c(C(=O)COc2cccc(C(C)C)c2)c(C)n1CC. The highest BCUT2D eigenvalue weighted by Gasteiger charge is 2.26. The molecule has 0 bridgehead atoms. The van der Waals surface area contributed by atoms with E-state index in [-0.39, 0.29) is 12.4 Å². The van der Waals surface area contributed by atoms with Gasteiger partial charge in [-0.2, -0.15) is 0 Å². The molecule has 0 atom stereocenters. The monoisotopic (exact) mass is 371 g/mol. The Morgan fingerprint density at radius 3 is 2.44 bits per heavy atom. The lowest BCUT2D eigenvalue weighted by Gasteiger charge is -2.10. The zero-order chi connectivity index (χ0) is 20.1. The van der Waals surface area contributed by atoms with Crippen LogP contribution in [-0.4, -0.2) is 29.5 Å². The summed E-state index contributed by atoms with van der Waals surface area (Å²) in [7, 11) is 0. The van der Waals surface area contributed by atoms with Crippen LogP contribution in [0, 0.1) is 13.8 Å². The normalized spacial score (nSPS) is 10.9. The Morgan fingerprint density at radius 1 is 1.15 bits per heavy atom. The number of Topliss-reactive ketones (excluding diaryl/α,β-unsaturated/α-hetero) is 1. The second-order valence-electron chi connectivity index (χ2n) is 6.84. The minimum atomic E-state index is -0.399. The molecule has 0 aliphatic heterocycles. The Kier molecular flexibility index (Phi) is 6.83. The molecule has 0 saturated heterocycles. The zero-order valence-corrected chi connectivity index (χ0v) is 17.1. The van der Waals surface area contributed by atoms with E-state index in [2.05, 4.69) is 13.8 Å². The lowest BCUT2D eigenvalue weighted by Crippen LogP contribution is -2.14. The molecule has 0 fully saturated rings. The van der Waals surface area contributed by atoms with Crippen LogP contribution in [0.3, 0.4) is 0 Å². The maximum atomic E-state index is 12.8. The number of rotatable bonds is 8. The fourth-order valence-electron chi connectivity index (χ4n) is 3.35. The fraction of sp³-hybridized carbons (Fsp3) is 0.455. The van der Waals surface area contributed by atoms with Crippen molar-refractivity contribution in [2.75, 3.05) is 13.2 Å². The molecule has 0 saturated carbocycles. The Hall–Kier alpha value is -2.56. The van der Waals surface area contributed by atoms with E-state index in [1.54, 1.807) is 13.8 Å². The van der Waals surface area contributed by atoms with Crippen LogP contribution in [0.2, 0.25) is 0 Å². The number of esters is 1. The first-order chi connectivity index (χ1) is 12.8. The second-order valence-corrected chi connectivity index (χ2v) is 6.84. The van der Waals surface area contributed by atoms with E-state index in [1.807, 2.05) is 42.7 Å². The topological polar surface area (TPSA) is 57.5 Å². The number of hydrogen-bond donors (Lipinski definition) is 0. The van der Waals surface area contributed by atoms with Crippen LogP contribution in [0.4, 0.5) is 0 Å². The van der Waals surface area contributed by atoms with Crippen LogP contribution in [-0.2, 0) is 11.3 Å². The molecule has 1 aromatic heterocycles. The predicted octanol–water partition coefficient (Wildman–Crippen LogP) is 4.69. The first kappa shape index (κ1) is 20.7. The highest BCUT2D eigenvalue weighted by Crippen LogP contribution is 2.25. The van der Waals surface area contributed by atoms with Gasteiger partial charge in [0.1, 0.15) is 11.4 Å². The fourth-order valence-corrected chi connectivity index (χ4v) is 3.35. The van der Waals surface area contributed by atoms with Crippen molar-refractivity contribution in [2.24, 2.45) is 0 Å². The van der Waals surface area contributed by atoms with Crippen LogP contribution < -0.4 is 4.74 Å². The van der Waals surface area contributed by atoms with Gasteiger partial charge in [-0.15, -0.1) is 0 Å². The smallest absolute Gasteiger partial charge is 0.355 e. The van der Waals surface area contributed by atoms with E-state index in [0.717, 1.165) is 11.3 Å². The molecule has 0 N–H and O–H groups in total. The van der Waals surface area contributed by atoms with Crippen molar-refractivity contribution >= 4 is 11.8 Å². The number of carbonyl (C=O) groups is 2. The van der Waals surface area contributed by atoms with Gasteiger partial charge < -0.3 is 14.0 Å². The Morgan fingerprint density at radius 2 is 1.85 bits per heavy atom. The number of hydrogen-bond acceptors (Lipinski definition) is 4. The molecule has 5 nitrogen and oxygen atoms in total. The molecule has 0 aliphatic rings. The van der Waals surface area contributed by atoms with Gasteiger partial charge in [-0.1, -0.05) is 26.0 Å². The highest BCUT2D eigenvalue weighted by molar-refractivity contribution is 6.03. The number of ether oxygens (including phenoxy) is 2. The molecule has 0 unspecified atom stereocenters. The first-order valence-electron chi connectivity index (χ1n) is 9.44. The van der Waals surface area contributed by atoms with Crippen LogP contribution in [0.1, 0.15) is 71.3 Å². The summed E-state index contributed by atoms with van der Waals surface area (Å²) in [5.41, 5.74) is 3.57. The maximum absolute atomic E-state index is 12.8. The van der Waals surface area contributed by atoms with Crippen LogP contribution in [0.25, 0.3) is 0 Å². The van der Waals surface area contributed by atoms with Crippen molar-refractivity contribution in [3.05, 3.63) is 52.3 Å². The van der Waals surface area contributed by atoms with Crippen molar-refractivity contribution in [3.63, 3.8) is 0 Å². The molecule has 1 aromatic carbocycles. The number of carbonyl (C=O) groups excluding carboxylic acids is 2. The van der Waals surface area contributed by atoms with Gasteiger partial charge in [0.15, 0.2) is 6.61 Å². The molecule has 0 amide bonds. The first-order valence-corrected chi connectivity index (χ1v) is 9.44. The summed E-state index contributed by atoms with van der Waals surface area (Å²) < 4.78 is 12.7. The summed E-state index contributed by atoms with van der Waals surface area (Å²) in [5, 5.41) is 0. The van der Waals surface area contributed by atoms with Gasteiger partial charge in [0.25, 0.3) is 0 Å². The molecule has 5 heteroatoms. The van der Waals surface area contributed by atoms with Crippen LogP contribution >= 0.6 is 0 Å². The lowest BCUT2D eigenvalue weighted by atomic mass is 10.0. The largest absolute Gasteiger partial charge is 0.485 e. The van der Waals surface area contributed by atoms with Gasteiger partial charge in [-0.05, 0) is 56.9 Å². The number of nitrogens with zero attached hydrogens (tertiary/aromatic N) is 1. The summed E-state index contributed by atoms with van der Waals surface area (Å²) in [6.45, 7) is 12.4. The predicted molar refractivity (Wildman–Crippen MR) is 106 cm³/mol. The quantitative estimate of drug-likeness (QED) is 0.499. The van der Waals surface area contributed by atoms with Crippen molar-refractivity contribution in [1.82, 2.24) is 4.57 Å². The van der Waals surface area contributed by atoms with Crippen molar-refractivity contribution in [3.8, 4) is 5.75 Å². The average Bonchev–Trinajstić information content (AvgIpc) is 2.90. The number of ketones is 1. The van der Waals surface area contributed by atoms with Gasteiger partial charge in [-0.3, -0.25) is 4.79 Å². The lowest BCUT2D eigenvalue weighted by molar-refractivity contribution is 0.0512. The van der Waals surface area contributed by atoms with Crippen LogP contribution in [0.15, 0.2) is 24.3 Å². The molecule has 2 aromatic rings. The van der Waals surface area contributed by atoms with E-state index in [4.69, 9.17) is 9.47 Å².